The summed E-state index contributed by atoms with van der Waals surface area (Å²) in [4.78, 5) is 14.9. The van der Waals surface area contributed by atoms with E-state index >= 15 is 0 Å². The third kappa shape index (κ3) is 6.11. The van der Waals surface area contributed by atoms with E-state index < -0.39 is 0 Å². The van der Waals surface area contributed by atoms with Crippen molar-refractivity contribution in [3.05, 3.63) is 39.9 Å². The number of hydrogen-bond donors (Lipinski definition) is 2. The van der Waals surface area contributed by atoms with Crippen LogP contribution in [0.15, 0.2) is 29.3 Å². The van der Waals surface area contributed by atoms with Crippen molar-refractivity contribution in [3.8, 4) is 0 Å². The molecule has 0 aliphatic carbocycles. The van der Waals surface area contributed by atoms with Crippen molar-refractivity contribution in [3.63, 3.8) is 0 Å². The summed E-state index contributed by atoms with van der Waals surface area (Å²) in [5.41, 5.74) is 0.927. The Balaban J connectivity index is 2.68. The first-order valence-corrected chi connectivity index (χ1v) is 7.86. The molecule has 1 rings (SSSR count). The first-order valence-electron chi connectivity index (χ1n) is 7.86. The van der Waals surface area contributed by atoms with Crippen LogP contribution in [0.3, 0.4) is 0 Å². The fourth-order valence-electron chi connectivity index (χ4n) is 2.10. The highest BCUT2D eigenvalue weighted by Gasteiger charge is 2.07. The Labute approximate surface area is 132 Å². The average Bonchev–Trinajstić information content (AvgIpc) is 2.53. The van der Waals surface area contributed by atoms with Crippen LogP contribution in [0.1, 0.15) is 39.2 Å². The first kappa shape index (κ1) is 17.9. The number of nitrogens with zero attached hydrogens (tertiary/aromatic N) is 2. The third-order valence-electron chi connectivity index (χ3n) is 3.60. The molecule has 1 aromatic carbocycles. The number of aliphatic imine (C=N–C) groups is 1. The summed E-state index contributed by atoms with van der Waals surface area (Å²) >= 11 is 0. The Morgan fingerprint density at radius 3 is 2.59 bits per heavy atom. The van der Waals surface area contributed by atoms with Gasteiger partial charge in [-0.2, -0.15) is 0 Å². The van der Waals surface area contributed by atoms with Crippen molar-refractivity contribution in [1.82, 2.24) is 10.6 Å². The van der Waals surface area contributed by atoms with Crippen LogP contribution in [0.2, 0.25) is 0 Å². The summed E-state index contributed by atoms with van der Waals surface area (Å²) in [5, 5.41) is 17.3. The lowest BCUT2D eigenvalue weighted by Crippen LogP contribution is -2.39. The Kier molecular flexibility index (Phi) is 7.96. The van der Waals surface area contributed by atoms with Crippen molar-refractivity contribution in [2.75, 3.05) is 13.1 Å². The molecule has 0 bridgehead atoms. The molecule has 0 atom stereocenters. The SMILES string of the molecule is CCNC(=NCc1cccc([N+](=O)[O-])c1)NCC(CC)CC. The van der Waals surface area contributed by atoms with E-state index in [1.165, 1.54) is 6.07 Å². The van der Waals surface area contributed by atoms with Gasteiger partial charge >= 0.3 is 0 Å². The van der Waals surface area contributed by atoms with E-state index in [1.54, 1.807) is 12.1 Å². The molecule has 122 valence electrons. The molecule has 0 aliphatic heterocycles. The number of rotatable bonds is 8. The second kappa shape index (κ2) is 9.76. The first-order chi connectivity index (χ1) is 10.6. The lowest BCUT2D eigenvalue weighted by atomic mass is 10.0. The zero-order chi connectivity index (χ0) is 16.4. The molecule has 2 N–H and O–H groups in total. The summed E-state index contributed by atoms with van der Waals surface area (Å²) in [6, 6.07) is 6.59. The van der Waals surface area contributed by atoms with Gasteiger partial charge in [-0.25, -0.2) is 4.99 Å². The number of nitro groups is 1. The van der Waals surface area contributed by atoms with Crippen LogP contribution in [0.4, 0.5) is 5.69 Å². The number of hydrogen-bond acceptors (Lipinski definition) is 3. The van der Waals surface area contributed by atoms with Gasteiger partial charge in [-0.15, -0.1) is 0 Å². The van der Waals surface area contributed by atoms with Crippen LogP contribution in [0, 0.1) is 16.0 Å². The number of nitro benzene ring substituents is 1. The van der Waals surface area contributed by atoms with Gasteiger partial charge in [-0.1, -0.05) is 38.8 Å². The second-order valence-electron chi connectivity index (χ2n) is 5.19. The molecule has 0 spiro atoms. The Morgan fingerprint density at radius 1 is 1.27 bits per heavy atom. The van der Waals surface area contributed by atoms with Gasteiger partial charge in [0.1, 0.15) is 0 Å². The van der Waals surface area contributed by atoms with E-state index in [0.717, 1.165) is 37.5 Å². The van der Waals surface area contributed by atoms with E-state index in [0.29, 0.717) is 12.5 Å². The Morgan fingerprint density at radius 2 is 2.00 bits per heavy atom. The highest BCUT2D eigenvalue weighted by molar-refractivity contribution is 5.79. The van der Waals surface area contributed by atoms with E-state index in [9.17, 15) is 10.1 Å². The van der Waals surface area contributed by atoms with E-state index in [-0.39, 0.29) is 10.6 Å². The number of benzene rings is 1. The van der Waals surface area contributed by atoms with Crippen LogP contribution < -0.4 is 10.6 Å². The van der Waals surface area contributed by atoms with E-state index in [2.05, 4.69) is 29.5 Å². The fourth-order valence-corrected chi connectivity index (χ4v) is 2.10. The van der Waals surface area contributed by atoms with Gasteiger partial charge < -0.3 is 10.6 Å². The molecule has 6 heteroatoms. The molecule has 0 saturated heterocycles. The molecular weight excluding hydrogens is 280 g/mol. The molecule has 0 fully saturated rings. The van der Waals surface area contributed by atoms with Gasteiger partial charge in [0.15, 0.2) is 5.96 Å². The normalized spacial score (nSPS) is 11.5. The summed E-state index contributed by atoms with van der Waals surface area (Å²) < 4.78 is 0. The highest BCUT2D eigenvalue weighted by atomic mass is 16.6. The van der Waals surface area contributed by atoms with Crippen molar-refractivity contribution >= 4 is 11.6 Å². The van der Waals surface area contributed by atoms with Crippen molar-refractivity contribution in [2.24, 2.45) is 10.9 Å². The molecule has 0 aliphatic rings. The number of non-ortho nitro benzene ring substituents is 1. The summed E-state index contributed by atoms with van der Waals surface area (Å²) in [5.74, 6) is 1.38. The zero-order valence-corrected chi connectivity index (χ0v) is 13.6. The maximum atomic E-state index is 10.8. The maximum Gasteiger partial charge on any atom is 0.269 e. The smallest absolute Gasteiger partial charge is 0.269 e. The van der Waals surface area contributed by atoms with Crippen LogP contribution >= 0.6 is 0 Å². The average molecular weight is 306 g/mol. The van der Waals surface area contributed by atoms with Crippen LogP contribution in [0.5, 0.6) is 0 Å². The molecule has 0 unspecified atom stereocenters. The van der Waals surface area contributed by atoms with Crippen LogP contribution in [-0.4, -0.2) is 24.0 Å². The highest BCUT2D eigenvalue weighted by Crippen LogP contribution is 2.13. The van der Waals surface area contributed by atoms with Crippen LogP contribution in [0.25, 0.3) is 0 Å². The maximum absolute atomic E-state index is 10.8. The molecular formula is C16H26N4O2. The molecule has 0 aromatic heterocycles. The lowest BCUT2D eigenvalue weighted by Gasteiger charge is -2.16. The molecule has 6 nitrogen and oxygen atoms in total. The minimum atomic E-state index is -0.385. The van der Waals surface area contributed by atoms with Crippen molar-refractivity contribution < 1.29 is 4.92 Å². The predicted molar refractivity (Wildman–Crippen MR) is 90.0 cm³/mol. The lowest BCUT2D eigenvalue weighted by molar-refractivity contribution is -0.384. The molecule has 0 radical (unpaired) electrons. The Bertz CT molecular complexity index is 499. The quantitative estimate of drug-likeness (QED) is 0.335. The largest absolute Gasteiger partial charge is 0.357 e. The van der Waals surface area contributed by atoms with Gasteiger partial charge in [0.05, 0.1) is 11.5 Å². The fraction of sp³-hybridized carbons (Fsp3) is 0.562. The van der Waals surface area contributed by atoms with Gasteiger partial charge in [0, 0.05) is 25.2 Å². The topological polar surface area (TPSA) is 79.6 Å². The zero-order valence-electron chi connectivity index (χ0n) is 13.6. The number of guanidine groups is 1. The summed E-state index contributed by atoms with van der Waals surface area (Å²) in [6.07, 6.45) is 2.27. The van der Waals surface area contributed by atoms with Crippen molar-refractivity contribution in [1.29, 1.82) is 0 Å². The van der Waals surface area contributed by atoms with E-state index in [1.807, 2.05) is 13.0 Å². The molecule has 22 heavy (non-hydrogen) atoms. The third-order valence-corrected chi connectivity index (χ3v) is 3.60. The molecule has 0 saturated carbocycles. The van der Waals surface area contributed by atoms with Crippen molar-refractivity contribution in [2.45, 2.75) is 40.2 Å². The number of nitrogens with one attached hydrogen (secondary N) is 2. The molecule has 1 aromatic rings. The second-order valence-corrected chi connectivity index (χ2v) is 5.19. The minimum Gasteiger partial charge on any atom is -0.357 e. The van der Waals surface area contributed by atoms with Gasteiger partial charge in [-0.3, -0.25) is 10.1 Å². The standard InChI is InChI=1S/C16H26N4O2/c1-4-13(5-2)11-18-16(17-6-3)19-12-14-8-7-9-15(10-14)20(21)22/h7-10,13H,4-6,11-12H2,1-3H3,(H2,17,18,19). The summed E-state index contributed by atoms with van der Waals surface area (Å²) in [6.45, 7) is 8.46. The predicted octanol–water partition coefficient (Wildman–Crippen LogP) is 3.09. The molecule has 0 amide bonds. The van der Waals surface area contributed by atoms with Gasteiger partial charge in [-0.05, 0) is 18.4 Å². The molecule has 0 heterocycles. The summed E-state index contributed by atoms with van der Waals surface area (Å²) in [7, 11) is 0. The monoisotopic (exact) mass is 306 g/mol. The minimum absolute atomic E-state index is 0.0997. The Hall–Kier alpha value is -2.11. The van der Waals surface area contributed by atoms with Gasteiger partial charge in [0.25, 0.3) is 5.69 Å². The van der Waals surface area contributed by atoms with E-state index in [4.69, 9.17) is 0 Å². The van der Waals surface area contributed by atoms with Crippen LogP contribution in [-0.2, 0) is 6.54 Å². The van der Waals surface area contributed by atoms with Gasteiger partial charge in [0.2, 0.25) is 0 Å².